The van der Waals surface area contributed by atoms with Gasteiger partial charge in [-0.3, -0.25) is 0 Å². The molecule has 0 unspecified atom stereocenters. The molecule has 3 heteroatoms. The van der Waals surface area contributed by atoms with Crippen LogP contribution in [0.4, 0.5) is 0 Å². The Balaban J connectivity index is 1.55. The van der Waals surface area contributed by atoms with Gasteiger partial charge in [-0.25, -0.2) is 0 Å². The van der Waals surface area contributed by atoms with E-state index in [1.807, 2.05) is 30.3 Å². The topological polar surface area (TPSA) is 41.5 Å². The lowest BCUT2D eigenvalue weighted by Gasteiger charge is -2.16. The Hall–Kier alpha value is -0.900. The molecule has 18 heavy (non-hydrogen) atoms. The smallest absolute Gasteiger partial charge is 0.0897 e. The van der Waals surface area contributed by atoms with Gasteiger partial charge in [-0.2, -0.15) is 0 Å². The zero-order valence-electron chi connectivity index (χ0n) is 10.8. The van der Waals surface area contributed by atoms with E-state index in [4.69, 9.17) is 4.74 Å². The molecule has 2 rings (SSSR count). The van der Waals surface area contributed by atoms with Gasteiger partial charge in [-0.05, 0) is 18.4 Å². The number of hydrogen-bond donors (Lipinski definition) is 2. The van der Waals surface area contributed by atoms with Crippen LogP contribution in [0, 0.1) is 0 Å². The van der Waals surface area contributed by atoms with Crippen molar-refractivity contribution < 1.29 is 9.84 Å². The summed E-state index contributed by atoms with van der Waals surface area (Å²) < 4.78 is 5.51. The van der Waals surface area contributed by atoms with Crippen LogP contribution in [0.1, 0.15) is 31.2 Å². The zero-order valence-corrected chi connectivity index (χ0v) is 10.8. The highest BCUT2D eigenvalue weighted by Crippen LogP contribution is 2.17. The summed E-state index contributed by atoms with van der Waals surface area (Å²) in [5, 5.41) is 13.2. The third-order valence-electron chi connectivity index (χ3n) is 3.42. The van der Waals surface area contributed by atoms with Crippen LogP contribution in [0.5, 0.6) is 0 Å². The third kappa shape index (κ3) is 4.77. The summed E-state index contributed by atoms with van der Waals surface area (Å²) in [5.41, 5.74) is 1.15. The Morgan fingerprint density at radius 3 is 2.67 bits per heavy atom. The van der Waals surface area contributed by atoms with Gasteiger partial charge in [0.05, 0.1) is 19.3 Å². The van der Waals surface area contributed by atoms with E-state index in [9.17, 15) is 5.11 Å². The Labute approximate surface area is 109 Å². The number of aliphatic hydroxyl groups is 1. The number of nitrogens with one attached hydrogen (secondary N) is 1. The second-order valence-corrected chi connectivity index (χ2v) is 5.04. The summed E-state index contributed by atoms with van der Waals surface area (Å²) >= 11 is 0. The molecule has 0 radical (unpaired) electrons. The predicted octanol–water partition coefficient (Wildman–Crippen LogP) is 2.10. The molecule has 0 aromatic heterocycles. The maximum absolute atomic E-state index is 9.80. The number of ether oxygens (including phenoxy) is 1. The van der Waals surface area contributed by atoms with E-state index in [0.717, 1.165) is 5.56 Å². The van der Waals surface area contributed by atoms with Crippen molar-refractivity contribution in [2.75, 3.05) is 13.2 Å². The molecule has 1 aromatic rings. The molecule has 1 aliphatic carbocycles. The molecule has 1 atom stereocenters. The summed E-state index contributed by atoms with van der Waals surface area (Å²) in [6.45, 7) is 1.61. The van der Waals surface area contributed by atoms with E-state index < -0.39 is 6.10 Å². The summed E-state index contributed by atoms with van der Waals surface area (Å²) in [6.07, 6.45) is 4.72. The van der Waals surface area contributed by atoms with E-state index in [-0.39, 0.29) is 0 Å². The van der Waals surface area contributed by atoms with Crippen LogP contribution in [0.15, 0.2) is 30.3 Å². The second-order valence-electron chi connectivity index (χ2n) is 5.04. The normalized spacial score (nSPS) is 18.1. The molecule has 2 N–H and O–H groups in total. The lowest BCUT2D eigenvalue weighted by atomic mass is 10.2. The van der Waals surface area contributed by atoms with Crippen molar-refractivity contribution in [3.8, 4) is 0 Å². The average Bonchev–Trinajstić information content (AvgIpc) is 2.91. The van der Waals surface area contributed by atoms with Gasteiger partial charge in [0.15, 0.2) is 0 Å². The summed E-state index contributed by atoms with van der Waals surface area (Å²) in [6, 6.07) is 10.7. The molecular formula is C15H23NO2. The first kappa shape index (κ1) is 13.5. The van der Waals surface area contributed by atoms with E-state index in [2.05, 4.69) is 5.32 Å². The fourth-order valence-corrected chi connectivity index (χ4v) is 2.38. The van der Waals surface area contributed by atoms with Crippen molar-refractivity contribution in [2.24, 2.45) is 0 Å². The first-order chi connectivity index (χ1) is 8.84. The summed E-state index contributed by atoms with van der Waals surface area (Å²) in [7, 11) is 0. The van der Waals surface area contributed by atoms with Crippen molar-refractivity contribution >= 4 is 0 Å². The lowest BCUT2D eigenvalue weighted by molar-refractivity contribution is 0.0277. The summed E-state index contributed by atoms with van der Waals surface area (Å²) in [5.74, 6) is 0. The van der Waals surface area contributed by atoms with Crippen LogP contribution in [0.2, 0.25) is 0 Å². The van der Waals surface area contributed by atoms with Gasteiger partial charge < -0.3 is 15.2 Å². The second kappa shape index (κ2) is 7.52. The molecule has 1 saturated carbocycles. The zero-order chi connectivity index (χ0) is 12.6. The van der Waals surface area contributed by atoms with E-state index in [1.54, 1.807) is 0 Å². The van der Waals surface area contributed by atoms with Gasteiger partial charge in [-0.15, -0.1) is 0 Å². The maximum Gasteiger partial charge on any atom is 0.0897 e. The average molecular weight is 249 g/mol. The minimum absolute atomic E-state index is 0.397. The van der Waals surface area contributed by atoms with Crippen LogP contribution in [0.25, 0.3) is 0 Å². The van der Waals surface area contributed by atoms with Crippen molar-refractivity contribution in [1.82, 2.24) is 5.32 Å². The van der Waals surface area contributed by atoms with Gasteiger partial charge >= 0.3 is 0 Å². The van der Waals surface area contributed by atoms with Gasteiger partial charge in [0, 0.05) is 12.6 Å². The van der Waals surface area contributed by atoms with Gasteiger partial charge in [0.1, 0.15) is 0 Å². The first-order valence-electron chi connectivity index (χ1n) is 6.88. The predicted molar refractivity (Wildman–Crippen MR) is 72.4 cm³/mol. The maximum atomic E-state index is 9.80. The summed E-state index contributed by atoms with van der Waals surface area (Å²) in [4.78, 5) is 0. The van der Waals surface area contributed by atoms with Crippen LogP contribution >= 0.6 is 0 Å². The molecule has 0 spiro atoms. The fourth-order valence-electron chi connectivity index (χ4n) is 2.38. The molecule has 3 nitrogen and oxygen atoms in total. The molecule has 100 valence electrons. The Morgan fingerprint density at radius 2 is 1.94 bits per heavy atom. The standard InChI is InChI=1S/C15H23NO2/c17-15(10-16-14-8-4-5-9-14)12-18-11-13-6-2-1-3-7-13/h1-3,6-7,14-17H,4-5,8-12H2/t15-/m1/s1. The highest BCUT2D eigenvalue weighted by Gasteiger charge is 2.15. The monoisotopic (exact) mass is 249 g/mol. The Kier molecular flexibility index (Phi) is 5.65. The molecule has 1 aliphatic rings. The molecule has 1 aromatic carbocycles. The first-order valence-corrected chi connectivity index (χ1v) is 6.88. The van der Waals surface area contributed by atoms with Gasteiger partial charge in [0.25, 0.3) is 0 Å². The van der Waals surface area contributed by atoms with Crippen LogP contribution in [0.3, 0.4) is 0 Å². The number of aliphatic hydroxyl groups excluding tert-OH is 1. The molecule has 1 fully saturated rings. The fraction of sp³-hybridized carbons (Fsp3) is 0.600. The van der Waals surface area contributed by atoms with E-state index >= 15 is 0 Å². The number of hydrogen-bond acceptors (Lipinski definition) is 3. The largest absolute Gasteiger partial charge is 0.389 e. The van der Waals surface area contributed by atoms with E-state index in [1.165, 1.54) is 25.7 Å². The quantitative estimate of drug-likeness (QED) is 0.777. The van der Waals surface area contributed by atoms with Gasteiger partial charge in [0.2, 0.25) is 0 Å². The molecule has 0 amide bonds. The Bertz CT molecular complexity index is 323. The number of rotatable bonds is 7. The van der Waals surface area contributed by atoms with Crippen molar-refractivity contribution in [1.29, 1.82) is 0 Å². The molecule has 0 saturated heterocycles. The number of benzene rings is 1. The SMILES string of the molecule is O[C@H](CNC1CCCC1)COCc1ccccc1. The van der Waals surface area contributed by atoms with Gasteiger partial charge in [-0.1, -0.05) is 43.2 Å². The van der Waals surface area contributed by atoms with Crippen LogP contribution < -0.4 is 5.32 Å². The molecular weight excluding hydrogens is 226 g/mol. The molecule has 0 aliphatic heterocycles. The minimum atomic E-state index is -0.408. The lowest BCUT2D eigenvalue weighted by Crippen LogP contribution is -2.36. The molecule has 0 bridgehead atoms. The van der Waals surface area contributed by atoms with Crippen LogP contribution in [-0.4, -0.2) is 30.4 Å². The highest BCUT2D eigenvalue weighted by molar-refractivity contribution is 5.13. The highest BCUT2D eigenvalue weighted by atomic mass is 16.5. The minimum Gasteiger partial charge on any atom is -0.389 e. The van der Waals surface area contributed by atoms with Crippen molar-refractivity contribution in [2.45, 2.75) is 44.4 Å². The third-order valence-corrected chi connectivity index (χ3v) is 3.42. The van der Waals surface area contributed by atoms with Crippen molar-refractivity contribution in [3.63, 3.8) is 0 Å². The molecule has 0 heterocycles. The van der Waals surface area contributed by atoms with Crippen LogP contribution in [-0.2, 0) is 11.3 Å². The van der Waals surface area contributed by atoms with E-state index in [0.29, 0.717) is 25.8 Å². The van der Waals surface area contributed by atoms with Crippen molar-refractivity contribution in [3.05, 3.63) is 35.9 Å². The Morgan fingerprint density at radius 1 is 1.22 bits per heavy atom.